The lowest BCUT2D eigenvalue weighted by molar-refractivity contribution is -0.117. The third-order valence-electron chi connectivity index (χ3n) is 3.07. The van der Waals surface area contributed by atoms with Gasteiger partial charge in [-0.15, -0.1) is 0 Å². The third-order valence-corrected chi connectivity index (χ3v) is 3.07. The minimum absolute atomic E-state index is 0.0717. The third kappa shape index (κ3) is 4.50. The fourth-order valence-corrected chi connectivity index (χ4v) is 2.04. The van der Waals surface area contributed by atoms with Crippen LogP contribution in [-0.2, 0) is 4.79 Å². The van der Waals surface area contributed by atoms with Gasteiger partial charge in [-0.2, -0.15) is 0 Å². The molecule has 15 heavy (non-hydrogen) atoms. The molecule has 2 nitrogen and oxygen atoms in total. The Morgan fingerprint density at radius 2 is 2.00 bits per heavy atom. The first-order valence-electron chi connectivity index (χ1n) is 6.08. The van der Waals surface area contributed by atoms with Crippen LogP contribution in [0.4, 0.5) is 0 Å². The normalized spacial score (nSPS) is 27.2. The molecule has 1 aliphatic carbocycles. The molecule has 2 atom stereocenters. The van der Waals surface area contributed by atoms with Crippen LogP contribution in [0.15, 0.2) is 12.2 Å². The van der Waals surface area contributed by atoms with E-state index in [0.717, 1.165) is 6.42 Å². The molecule has 0 heterocycles. The van der Waals surface area contributed by atoms with Crippen molar-refractivity contribution in [3.63, 3.8) is 0 Å². The number of hydrogen-bond acceptors (Lipinski definition) is 1. The predicted octanol–water partition coefficient (Wildman–Crippen LogP) is 2.89. The molecular formula is C13H23NO. The van der Waals surface area contributed by atoms with Crippen LogP contribution in [0.3, 0.4) is 0 Å². The molecule has 0 aromatic carbocycles. The lowest BCUT2D eigenvalue weighted by atomic mass is 9.86. The number of nitrogens with one attached hydrogen (secondary N) is 1. The highest BCUT2D eigenvalue weighted by molar-refractivity contribution is 5.87. The Labute approximate surface area is 93.1 Å². The maximum absolute atomic E-state index is 11.6. The van der Waals surface area contributed by atoms with Gasteiger partial charge < -0.3 is 5.32 Å². The van der Waals surface area contributed by atoms with E-state index < -0.39 is 0 Å². The van der Waals surface area contributed by atoms with E-state index in [-0.39, 0.29) is 5.91 Å². The van der Waals surface area contributed by atoms with Crippen LogP contribution in [0.5, 0.6) is 0 Å². The minimum atomic E-state index is 0.0717. The summed E-state index contributed by atoms with van der Waals surface area (Å²) >= 11 is 0. The van der Waals surface area contributed by atoms with Gasteiger partial charge in [-0.3, -0.25) is 4.79 Å². The second-order valence-corrected chi connectivity index (χ2v) is 4.98. The zero-order valence-electron chi connectivity index (χ0n) is 10.1. The maximum atomic E-state index is 11.6. The molecule has 86 valence electrons. The molecule has 2 heteroatoms. The van der Waals surface area contributed by atoms with Crippen molar-refractivity contribution >= 4 is 5.91 Å². The van der Waals surface area contributed by atoms with Gasteiger partial charge in [-0.05, 0) is 30.8 Å². The van der Waals surface area contributed by atoms with Crippen molar-refractivity contribution in [1.29, 1.82) is 0 Å². The van der Waals surface area contributed by atoms with Crippen LogP contribution in [0.1, 0.15) is 46.5 Å². The topological polar surface area (TPSA) is 29.1 Å². The van der Waals surface area contributed by atoms with Gasteiger partial charge in [-0.25, -0.2) is 0 Å². The Kier molecular flexibility index (Phi) is 4.86. The maximum Gasteiger partial charge on any atom is 0.243 e. The van der Waals surface area contributed by atoms with Crippen LogP contribution in [0.2, 0.25) is 0 Å². The molecule has 1 aliphatic rings. The highest BCUT2D eigenvalue weighted by atomic mass is 16.1. The average Bonchev–Trinajstić information content (AvgIpc) is 2.18. The number of carbonyl (C=O) groups is 1. The van der Waals surface area contributed by atoms with Crippen molar-refractivity contribution < 1.29 is 4.79 Å². The van der Waals surface area contributed by atoms with Gasteiger partial charge in [0.05, 0.1) is 0 Å². The van der Waals surface area contributed by atoms with Crippen molar-refractivity contribution in [3.8, 4) is 0 Å². The lowest BCUT2D eigenvalue weighted by Crippen LogP contribution is -2.40. The van der Waals surface area contributed by atoms with Gasteiger partial charge in [0.2, 0.25) is 5.91 Å². The van der Waals surface area contributed by atoms with E-state index in [4.69, 9.17) is 0 Å². The van der Waals surface area contributed by atoms with E-state index in [0.29, 0.717) is 17.9 Å². The molecule has 0 radical (unpaired) electrons. The highest BCUT2D eigenvalue weighted by Crippen LogP contribution is 2.23. The first-order chi connectivity index (χ1) is 7.09. The second kappa shape index (κ2) is 5.94. The van der Waals surface area contributed by atoms with E-state index in [9.17, 15) is 4.79 Å². The zero-order valence-corrected chi connectivity index (χ0v) is 10.1. The first kappa shape index (κ1) is 12.3. The van der Waals surface area contributed by atoms with Crippen molar-refractivity contribution in [2.45, 2.75) is 52.5 Å². The standard InChI is InChI=1S/C13H23NO/c1-10(2)8-9-13(15)14-12-7-5-4-6-11(12)3/h8-12H,4-7H2,1-3H3,(H,14,15). The molecule has 1 N–H and O–H groups in total. The van der Waals surface area contributed by atoms with E-state index >= 15 is 0 Å². The summed E-state index contributed by atoms with van der Waals surface area (Å²) < 4.78 is 0. The fourth-order valence-electron chi connectivity index (χ4n) is 2.04. The molecule has 0 aromatic rings. The molecule has 0 aromatic heterocycles. The van der Waals surface area contributed by atoms with Gasteiger partial charge in [0.25, 0.3) is 0 Å². The van der Waals surface area contributed by atoms with Gasteiger partial charge in [-0.1, -0.05) is 39.7 Å². The summed E-state index contributed by atoms with van der Waals surface area (Å²) in [6, 6.07) is 0.392. The number of carbonyl (C=O) groups excluding carboxylic acids is 1. The van der Waals surface area contributed by atoms with E-state index in [1.54, 1.807) is 6.08 Å². The largest absolute Gasteiger partial charge is 0.350 e. The minimum Gasteiger partial charge on any atom is -0.350 e. The van der Waals surface area contributed by atoms with Crippen LogP contribution in [-0.4, -0.2) is 11.9 Å². The summed E-state index contributed by atoms with van der Waals surface area (Å²) in [4.78, 5) is 11.6. The number of hydrogen-bond donors (Lipinski definition) is 1. The Hall–Kier alpha value is -0.790. The van der Waals surface area contributed by atoms with Crippen LogP contribution < -0.4 is 5.32 Å². The van der Waals surface area contributed by atoms with Crippen molar-refractivity contribution in [1.82, 2.24) is 5.32 Å². The van der Waals surface area contributed by atoms with Crippen molar-refractivity contribution in [3.05, 3.63) is 12.2 Å². The Morgan fingerprint density at radius 3 is 2.60 bits per heavy atom. The van der Waals surface area contributed by atoms with Gasteiger partial charge in [0, 0.05) is 6.04 Å². The number of amides is 1. The van der Waals surface area contributed by atoms with Crippen molar-refractivity contribution in [2.75, 3.05) is 0 Å². The molecule has 0 bridgehead atoms. The van der Waals surface area contributed by atoms with E-state index in [1.165, 1.54) is 19.3 Å². The van der Waals surface area contributed by atoms with E-state index in [2.05, 4.69) is 26.1 Å². The molecule has 0 aliphatic heterocycles. The molecule has 1 saturated carbocycles. The second-order valence-electron chi connectivity index (χ2n) is 4.98. The molecule has 1 amide bonds. The predicted molar refractivity (Wildman–Crippen MR) is 63.5 cm³/mol. The fraction of sp³-hybridized carbons (Fsp3) is 0.769. The Bertz CT molecular complexity index is 233. The number of rotatable bonds is 3. The van der Waals surface area contributed by atoms with Crippen LogP contribution in [0, 0.1) is 11.8 Å². The quantitative estimate of drug-likeness (QED) is 0.711. The number of allylic oxidation sites excluding steroid dienone is 1. The molecule has 1 fully saturated rings. The monoisotopic (exact) mass is 209 g/mol. The SMILES string of the molecule is CC(C)C=CC(=O)NC1CCCCC1C. The Morgan fingerprint density at radius 1 is 1.33 bits per heavy atom. The zero-order chi connectivity index (χ0) is 11.3. The molecular weight excluding hydrogens is 186 g/mol. The van der Waals surface area contributed by atoms with Gasteiger partial charge in [0.15, 0.2) is 0 Å². The lowest BCUT2D eigenvalue weighted by Gasteiger charge is -2.29. The smallest absolute Gasteiger partial charge is 0.243 e. The summed E-state index contributed by atoms with van der Waals surface area (Å²) in [6.07, 6.45) is 8.58. The molecule has 2 unspecified atom stereocenters. The summed E-state index contributed by atoms with van der Waals surface area (Å²) in [5.74, 6) is 1.15. The summed E-state index contributed by atoms with van der Waals surface area (Å²) in [5.41, 5.74) is 0. The van der Waals surface area contributed by atoms with Crippen molar-refractivity contribution in [2.24, 2.45) is 11.8 Å². The molecule has 0 spiro atoms. The first-order valence-corrected chi connectivity index (χ1v) is 6.08. The highest BCUT2D eigenvalue weighted by Gasteiger charge is 2.21. The summed E-state index contributed by atoms with van der Waals surface area (Å²) in [7, 11) is 0. The van der Waals surface area contributed by atoms with E-state index in [1.807, 2.05) is 6.08 Å². The average molecular weight is 209 g/mol. The molecule has 1 rings (SSSR count). The van der Waals surface area contributed by atoms with Gasteiger partial charge in [0.1, 0.15) is 0 Å². The Balaban J connectivity index is 2.36. The van der Waals surface area contributed by atoms with Crippen LogP contribution in [0.25, 0.3) is 0 Å². The van der Waals surface area contributed by atoms with Crippen LogP contribution >= 0.6 is 0 Å². The molecule has 0 saturated heterocycles. The summed E-state index contributed by atoms with van der Waals surface area (Å²) in [6.45, 7) is 6.39. The van der Waals surface area contributed by atoms with Gasteiger partial charge >= 0.3 is 0 Å². The summed E-state index contributed by atoms with van der Waals surface area (Å²) in [5, 5.41) is 3.10.